The molecule has 3 nitrogen and oxygen atoms in total. The number of nitrogens with zero attached hydrogens (tertiary/aromatic N) is 1. The highest BCUT2D eigenvalue weighted by molar-refractivity contribution is 5.62. The summed E-state index contributed by atoms with van der Waals surface area (Å²) in [5.41, 5.74) is 12.5. The summed E-state index contributed by atoms with van der Waals surface area (Å²) < 4.78 is 26.0. The molecule has 15 heavy (non-hydrogen) atoms. The van der Waals surface area contributed by atoms with Crippen molar-refractivity contribution in [2.75, 3.05) is 11.5 Å². The van der Waals surface area contributed by atoms with Crippen LogP contribution in [-0.4, -0.2) is 10.9 Å². The molecule has 0 bridgehead atoms. The summed E-state index contributed by atoms with van der Waals surface area (Å²) in [5.74, 6) is -2.74. The van der Waals surface area contributed by atoms with E-state index in [9.17, 15) is 8.78 Å². The van der Waals surface area contributed by atoms with Gasteiger partial charge in [-0.1, -0.05) is 0 Å². The number of anilines is 2. The summed E-state index contributed by atoms with van der Waals surface area (Å²) in [5, 5.41) is 0. The number of hydrogen-bond acceptors (Lipinski definition) is 3. The summed E-state index contributed by atoms with van der Waals surface area (Å²) in [7, 11) is 0. The number of alkyl halides is 2. The molecule has 5 heteroatoms. The minimum Gasteiger partial charge on any atom is -0.397 e. The average Bonchev–Trinajstić information content (AvgIpc) is 2.51. The number of halogens is 2. The molecular formula is C10H13F2N3. The van der Waals surface area contributed by atoms with Crippen molar-refractivity contribution in [3.8, 4) is 0 Å². The monoisotopic (exact) mass is 213 g/mol. The summed E-state index contributed by atoms with van der Waals surface area (Å²) in [4.78, 5) is 4.05. The van der Waals surface area contributed by atoms with Crippen molar-refractivity contribution in [1.29, 1.82) is 0 Å². The van der Waals surface area contributed by atoms with E-state index < -0.39 is 5.92 Å². The number of aromatic nitrogens is 1. The zero-order valence-corrected chi connectivity index (χ0v) is 8.21. The molecule has 1 fully saturated rings. The van der Waals surface area contributed by atoms with Gasteiger partial charge in [0.1, 0.15) is 0 Å². The van der Waals surface area contributed by atoms with Gasteiger partial charge in [-0.25, -0.2) is 8.78 Å². The minimum atomic E-state index is -2.55. The Morgan fingerprint density at radius 1 is 1.33 bits per heavy atom. The lowest BCUT2D eigenvalue weighted by atomic mass is 10.0. The molecule has 2 rings (SSSR count). The van der Waals surface area contributed by atoms with E-state index in [2.05, 4.69) is 4.98 Å². The van der Waals surface area contributed by atoms with Gasteiger partial charge in [0, 0.05) is 24.5 Å². The number of pyridine rings is 1. The van der Waals surface area contributed by atoms with Gasteiger partial charge in [0.05, 0.1) is 17.6 Å². The summed E-state index contributed by atoms with van der Waals surface area (Å²) in [6.07, 6.45) is 1.69. The van der Waals surface area contributed by atoms with Crippen molar-refractivity contribution in [1.82, 2.24) is 4.98 Å². The maximum Gasteiger partial charge on any atom is 0.248 e. The first kappa shape index (κ1) is 10.1. The Kier molecular flexibility index (Phi) is 2.25. The van der Waals surface area contributed by atoms with Gasteiger partial charge >= 0.3 is 0 Å². The molecule has 0 radical (unpaired) electrons. The smallest absolute Gasteiger partial charge is 0.248 e. The first-order chi connectivity index (χ1) is 6.98. The number of rotatable bonds is 1. The van der Waals surface area contributed by atoms with Crippen LogP contribution in [0, 0.1) is 0 Å². The predicted octanol–water partition coefficient (Wildman–Crippen LogP) is 2.15. The Hall–Kier alpha value is -1.39. The maximum atomic E-state index is 13.0. The van der Waals surface area contributed by atoms with Gasteiger partial charge in [-0.05, 0) is 12.5 Å². The van der Waals surface area contributed by atoms with Gasteiger partial charge in [-0.2, -0.15) is 0 Å². The van der Waals surface area contributed by atoms with E-state index in [4.69, 9.17) is 11.5 Å². The molecule has 1 heterocycles. The van der Waals surface area contributed by atoms with E-state index in [1.807, 2.05) is 0 Å². The van der Waals surface area contributed by atoms with E-state index in [-0.39, 0.29) is 18.8 Å². The first-order valence-corrected chi connectivity index (χ1v) is 4.87. The Morgan fingerprint density at radius 2 is 2.07 bits per heavy atom. The molecule has 0 aromatic carbocycles. The van der Waals surface area contributed by atoms with Gasteiger partial charge in [0.2, 0.25) is 5.92 Å². The van der Waals surface area contributed by atoms with Gasteiger partial charge in [-0.15, -0.1) is 0 Å². The van der Waals surface area contributed by atoms with Crippen molar-refractivity contribution in [3.63, 3.8) is 0 Å². The lowest BCUT2D eigenvalue weighted by Gasteiger charge is -2.11. The van der Waals surface area contributed by atoms with Crippen LogP contribution < -0.4 is 11.5 Å². The van der Waals surface area contributed by atoms with Crippen LogP contribution in [0.2, 0.25) is 0 Å². The Morgan fingerprint density at radius 3 is 2.60 bits per heavy atom. The Balaban J connectivity index is 2.21. The fourth-order valence-electron chi connectivity index (χ4n) is 1.92. The van der Waals surface area contributed by atoms with Crippen LogP contribution in [0.25, 0.3) is 0 Å². The largest absolute Gasteiger partial charge is 0.397 e. The van der Waals surface area contributed by atoms with Crippen molar-refractivity contribution in [3.05, 3.63) is 18.0 Å². The topological polar surface area (TPSA) is 64.9 Å². The second-order valence-electron chi connectivity index (χ2n) is 4.03. The molecule has 1 atom stereocenters. The molecular weight excluding hydrogens is 200 g/mol. The van der Waals surface area contributed by atoms with Crippen LogP contribution in [-0.2, 0) is 0 Å². The first-order valence-electron chi connectivity index (χ1n) is 4.87. The third-order valence-corrected chi connectivity index (χ3v) is 2.81. The minimum absolute atomic E-state index is 0.0658. The van der Waals surface area contributed by atoms with Crippen molar-refractivity contribution >= 4 is 11.4 Å². The molecule has 0 saturated heterocycles. The molecule has 1 aromatic rings. The molecule has 0 amide bonds. The Bertz CT molecular complexity index is 379. The molecule has 4 N–H and O–H groups in total. The van der Waals surface area contributed by atoms with Crippen LogP contribution >= 0.6 is 0 Å². The SMILES string of the molecule is Nc1cnc(C2CCC(F)(F)C2)cc1N. The van der Waals surface area contributed by atoms with Crippen LogP contribution in [0.15, 0.2) is 12.3 Å². The van der Waals surface area contributed by atoms with Gasteiger partial charge in [0.25, 0.3) is 0 Å². The molecule has 1 unspecified atom stereocenters. The van der Waals surface area contributed by atoms with E-state index in [0.717, 1.165) is 0 Å². The predicted molar refractivity (Wildman–Crippen MR) is 54.6 cm³/mol. The van der Waals surface area contributed by atoms with E-state index in [1.54, 1.807) is 6.07 Å². The van der Waals surface area contributed by atoms with Gasteiger partial charge in [0.15, 0.2) is 0 Å². The maximum absolute atomic E-state index is 13.0. The molecule has 0 aliphatic heterocycles. The van der Waals surface area contributed by atoms with Crippen molar-refractivity contribution < 1.29 is 8.78 Å². The van der Waals surface area contributed by atoms with E-state index >= 15 is 0 Å². The average molecular weight is 213 g/mol. The van der Waals surface area contributed by atoms with E-state index in [0.29, 0.717) is 23.5 Å². The molecule has 82 valence electrons. The highest BCUT2D eigenvalue weighted by atomic mass is 19.3. The number of nitrogen functional groups attached to an aromatic ring is 2. The zero-order chi connectivity index (χ0) is 11.1. The molecule has 0 spiro atoms. The molecule has 1 saturated carbocycles. The van der Waals surface area contributed by atoms with Crippen LogP contribution in [0.4, 0.5) is 20.2 Å². The molecule has 1 aliphatic carbocycles. The summed E-state index contributed by atoms with van der Waals surface area (Å²) in [6.45, 7) is 0. The fraction of sp³-hybridized carbons (Fsp3) is 0.500. The highest BCUT2D eigenvalue weighted by Crippen LogP contribution is 2.43. The Labute approximate surface area is 86.5 Å². The van der Waals surface area contributed by atoms with Crippen LogP contribution in [0.3, 0.4) is 0 Å². The van der Waals surface area contributed by atoms with Crippen molar-refractivity contribution in [2.24, 2.45) is 0 Å². The molecule has 1 aliphatic rings. The number of hydrogen-bond donors (Lipinski definition) is 2. The van der Waals surface area contributed by atoms with Gasteiger partial charge < -0.3 is 11.5 Å². The third kappa shape index (κ3) is 2.00. The van der Waals surface area contributed by atoms with E-state index in [1.165, 1.54) is 6.20 Å². The lowest BCUT2D eigenvalue weighted by molar-refractivity contribution is 0.00766. The fourth-order valence-corrected chi connectivity index (χ4v) is 1.92. The normalized spacial score (nSPS) is 24.3. The molecule has 1 aromatic heterocycles. The lowest BCUT2D eigenvalue weighted by Crippen LogP contribution is -2.10. The zero-order valence-electron chi connectivity index (χ0n) is 8.21. The highest BCUT2D eigenvalue weighted by Gasteiger charge is 2.40. The number of nitrogens with two attached hydrogens (primary N) is 2. The van der Waals surface area contributed by atoms with Crippen LogP contribution in [0.5, 0.6) is 0 Å². The second kappa shape index (κ2) is 3.32. The quantitative estimate of drug-likeness (QED) is 0.751. The second-order valence-corrected chi connectivity index (χ2v) is 4.03. The summed E-state index contributed by atoms with van der Waals surface area (Å²) >= 11 is 0. The summed E-state index contributed by atoms with van der Waals surface area (Å²) in [6, 6.07) is 1.60. The standard InChI is InChI=1S/C10H13F2N3/c11-10(12)2-1-6(4-10)9-3-7(13)8(14)5-15-9/h3,5-6H,1-2,4,14H2,(H2,13,15). The van der Waals surface area contributed by atoms with Crippen molar-refractivity contribution in [2.45, 2.75) is 31.1 Å². The third-order valence-electron chi connectivity index (χ3n) is 2.81. The van der Waals surface area contributed by atoms with Crippen LogP contribution in [0.1, 0.15) is 30.9 Å². The van der Waals surface area contributed by atoms with Gasteiger partial charge in [-0.3, -0.25) is 4.98 Å².